The molecule has 0 aliphatic heterocycles. The molecule has 0 unspecified atom stereocenters. The quantitative estimate of drug-likeness (QED) is 0.411. The van der Waals surface area contributed by atoms with Crippen LogP contribution in [0.15, 0.2) is 6.07 Å². The van der Waals surface area contributed by atoms with Crippen LogP contribution in [0, 0.1) is 0 Å². The van der Waals surface area contributed by atoms with E-state index in [2.05, 4.69) is 6.92 Å². The van der Waals surface area contributed by atoms with Crippen molar-refractivity contribution in [1.29, 1.82) is 0 Å². The molecular formula is C21H37O4P. The summed E-state index contributed by atoms with van der Waals surface area (Å²) >= 11 is 0. The van der Waals surface area contributed by atoms with Crippen LogP contribution in [0.25, 0.3) is 0 Å². The van der Waals surface area contributed by atoms with Gasteiger partial charge >= 0.3 is 7.60 Å². The highest BCUT2D eigenvalue weighted by molar-refractivity contribution is 7.50. The van der Waals surface area contributed by atoms with E-state index in [4.69, 9.17) is 0 Å². The van der Waals surface area contributed by atoms with Crippen molar-refractivity contribution in [1.82, 2.24) is 0 Å². The van der Waals surface area contributed by atoms with Crippen molar-refractivity contribution in [3.05, 3.63) is 28.3 Å². The van der Waals surface area contributed by atoms with Gasteiger partial charge in [0, 0.05) is 5.56 Å². The minimum atomic E-state index is -4.20. The summed E-state index contributed by atoms with van der Waals surface area (Å²) in [4.78, 5) is 19.2. The van der Waals surface area contributed by atoms with Gasteiger partial charge in [0.05, 0.1) is 6.16 Å². The number of rotatable bonds is 7. The number of hydrogen-bond acceptors (Lipinski definition) is 2. The zero-order valence-electron chi connectivity index (χ0n) is 17.5. The van der Waals surface area contributed by atoms with Crippen molar-refractivity contribution in [3.63, 3.8) is 0 Å². The fourth-order valence-corrected chi connectivity index (χ4v) is 4.25. The molecule has 26 heavy (non-hydrogen) atoms. The van der Waals surface area contributed by atoms with Crippen LogP contribution in [0.3, 0.4) is 0 Å². The lowest BCUT2D eigenvalue weighted by molar-refractivity contribution is 0.370. The molecule has 5 heteroatoms. The first-order valence-corrected chi connectivity index (χ1v) is 11.4. The molecule has 0 saturated heterocycles. The summed E-state index contributed by atoms with van der Waals surface area (Å²) < 4.78 is 11.8. The molecule has 0 aliphatic carbocycles. The summed E-state index contributed by atoms with van der Waals surface area (Å²) in [6, 6.07) is 1.82. The Morgan fingerprint density at radius 1 is 0.962 bits per heavy atom. The lowest BCUT2D eigenvalue weighted by Crippen LogP contribution is -2.21. The van der Waals surface area contributed by atoms with E-state index in [1.54, 1.807) is 0 Å². The number of phenols is 1. The first-order valence-electron chi connectivity index (χ1n) is 9.61. The normalized spacial score (nSPS) is 13.3. The van der Waals surface area contributed by atoms with E-state index in [1.165, 1.54) is 0 Å². The molecular weight excluding hydrogens is 347 g/mol. The molecule has 0 spiro atoms. The summed E-state index contributed by atoms with van der Waals surface area (Å²) in [5, 5.41) is 11.1. The molecule has 0 heterocycles. The molecule has 0 fully saturated rings. The maximum Gasteiger partial charge on any atom is 0.329 e. The number of hydrogen-bond donors (Lipinski definition) is 3. The second-order valence-corrected chi connectivity index (χ2v) is 11.1. The molecule has 150 valence electrons. The molecule has 0 atom stereocenters. The highest BCUT2D eigenvalue weighted by Crippen LogP contribution is 2.47. The van der Waals surface area contributed by atoms with Crippen molar-refractivity contribution >= 4 is 7.60 Å². The Morgan fingerprint density at radius 2 is 1.54 bits per heavy atom. The van der Waals surface area contributed by atoms with Crippen LogP contribution in [-0.4, -0.2) is 14.9 Å². The van der Waals surface area contributed by atoms with E-state index in [-0.39, 0.29) is 22.7 Å². The second kappa shape index (κ2) is 8.46. The van der Waals surface area contributed by atoms with Gasteiger partial charge in [-0.1, -0.05) is 73.8 Å². The fraction of sp³-hybridized carbons (Fsp3) is 0.714. The van der Waals surface area contributed by atoms with E-state index >= 15 is 0 Å². The Hall–Kier alpha value is -0.830. The van der Waals surface area contributed by atoms with Gasteiger partial charge in [0.2, 0.25) is 0 Å². The molecule has 4 nitrogen and oxygen atoms in total. The standard InChI is InChI=1S/C21H37O4P/c1-8-9-10-11-12-16-15(14-26(23,24)25)13-17(20(2,3)4)19(22)18(16)21(5,6)7/h13,22H,8-12,14H2,1-7H3,(H2,23,24,25). The minimum Gasteiger partial charge on any atom is -0.507 e. The van der Waals surface area contributed by atoms with Gasteiger partial charge in [0.1, 0.15) is 5.75 Å². The maximum absolute atomic E-state index is 11.8. The van der Waals surface area contributed by atoms with Crippen LogP contribution in [0.2, 0.25) is 0 Å². The lowest BCUT2D eigenvalue weighted by atomic mass is 9.75. The third kappa shape index (κ3) is 6.40. The van der Waals surface area contributed by atoms with Gasteiger partial charge in [-0.15, -0.1) is 0 Å². The summed E-state index contributed by atoms with van der Waals surface area (Å²) in [5.41, 5.74) is 2.57. The van der Waals surface area contributed by atoms with Gasteiger partial charge in [-0.3, -0.25) is 4.57 Å². The van der Waals surface area contributed by atoms with Crippen LogP contribution in [-0.2, 0) is 28.0 Å². The summed E-state index contributed by atoms with van der Waals surface area (Å²) in [6.45, 7) is 14.3. The maximum atomic E-state index is 11.8. The van der Waals surface area contributed by atoms with Crippen LogP contribution in [0.1, 0.15) is 96.4 Å². The van der Waals surface area contributed by atoms with E-state index in [9.17, 15) is 19.5 Å². The number of phenolic OH excluding ortho intramolecular Hbond substituents is 1. The molecule has 0 bridgehead atoms. The van der Waals surface area contributed by atoms with Crippen molar-refractivity contribution in [2.75, 3.05) is 0 Å². The zero-order valence-corrected chi connectivity index (χ0v) is 18.4. The Morgan fingerprint density at radius 3 is 1.96 bits per heavy atom. The van der Waals surface area contributed by atoms with Gasteiger partial charge in [0.25, 0.3) is 0 Å². The Balaban J connectivity index is 3.63. The first-order chi connectivity index (χ1) is 11.7. The molecule has 0 aromatic heterocycles. The number of benzene rings is 1. The number of unbranched alkanes of at least 4 members (excludes halogenated alkanes) is 3. The predicted octanol–water partition coefficient (Wildman–Crippen LogP) is 5.79. The molecule has 1 rings (SSSR count). The van der Waals surface area contributed by atoms with E-state index in [1.807, 2.05) is 47.6 Å². The third-order valence-corrected chi connectivity index (χ3v) is 5.47. The summed E-state index contributed by atoms with van der Waals surface area (Å²) in [6.07, 6.45) is 4.78. The van der Waals surface area contributed by atoms with Crippen molar-refractivity contribution < 1.29 is 19.5 Å². The van der Waals surface area contributed by atoms with Crippen LogP contribution in [0.5, 0.6) is 5.75 Å². The van der Waals surface area contributed by atoms with Gasteiger partial charge < -0.3 is 14.9 Å². The highest BCUT2D eigenvalue weighted by atomic mass is 31.2. The summed E-state index contributed by atoms with van der Waals surface area (Å²) in [5.74, 6) is 0.282. The largest absolute Gasteiger partial charge is 0.507 e. The van der Waals surface area contributed by atoms with Gasteiger partial charge in [0.15, 0.2) is 0 Å². The molecule has 1 aromatic rings. The van der Waals surface area contributed by atoms with Gasteiger partial charge in [-0.25, -0.2) is 0 Å². The Bertz CT molecular complexity index is 660. The zero-order chi connectivity index (χ0) is 20.3. The average molecular weight is 384 g/mol. The van der Waals surface area contributed by atoms with Crippen molar-refractivity contribution in [3.8, 4) is 5.75 Å². The molecule has 0 amide bonds. The summed E-state index contributed by atoms with van der Waals surface area (Å²) in [7, 11) is -4.20. The topological polar surface area (TPSA) is 77.8 Å². The SMILES string of the molecule is CCCCCCc1c(CP(=O)(O)O)cc(C(C)(C)C)c(O)c1C(C)(C)C. The second-order valence-electron chi connectivity index (χ2n) is 9.42. The van der Waals surface area contributed by atoms with E-state index in [0.29, 0.717) is 5.56 Å². The van der Waals surface area contributed by atoms with E-state index in [0.717, 1.165) is 48.8 Å². The van der Waals surface area contributed by atoms with Crippen molar-refractivity contribution in [2.45, 2.75) is 97.6 Å². The third-order valence-electron chi connectivity index (χ3n) is 4.71. The van der Waals surface area contributed by atoms with Gasteiger partial charge in [-0.05, 0) is 40.4 Å². The minimum absolute atomic E-state index is 0.275. The lowest BCUT2D eigenvalue weighted by Gasteiger charge is -2.31. The average Bonchev–Trinajstić information content (AvgIpc) is 2.41. The smallest absolute Gasteiger partial charge is 0.329 e. The molecule has 0 saturated carbocycles. The molecule has 3 N–H and O–H groups in total. The molecule has 0 aliphatic rings. The fourth-order valence-electron chi connectivity index (χ4n) is 3.52. The Kier molecular flexibility index (Phi) is 7.55. The van der Waals surface area contributed by atoms with E-state index < -0.39 is 7.60 Å². The number of aromatic hydroxyl groups is 1. The predicted molar refractivity (Wildman–Crippen MR) is 109 cm³/mol. The van der Waals surface area contributed by atoms with Crippen LogP contribution >= 0.6 is 7.60 Å². The van der Waals surface area contributed by atoms with Gasteiger partial charge in [-0.2, -0.15) is 0 Å². The molecule has 0 radical (unpaired) electrons. The van der Waals surface area contributed by atoms with Crippen LogP contribution in [0.4, 0.5) is 0 Å². The van der Waals surface area contributed by atoms with Crippen LogP contribution < -0.4 is 0 Å². The Labute approximate surface area is 159 Å². The monoisotopic (exact) mass is 384 g/mol. The highest BCUT2D eigenvalue weighted by Gasteiger charge is 2.31. The first kappa shape index (κ1) is 23.2. The van der Waals surface area contributed by atoms with Crippen molar-refractivity contribution in [2.24, 2.45) is 0 Å². The molecule has 1 aromatic carbocycles.